The van der Waals surface area contributed by atoms with Gasteiger partial charge < -0.3 is 9.88 Å². The molecule has 0 saturated heterocycles. The average Bonchev–Trinajstić information content (AvgIpc) is 3.49. The van der Waals surface area contributed by atoms with E-state index in [1.54, 1.807) is 29.9 Å². The quantitative estimate of drug-likeness (QED) is 0.411. The van der Waals surface area contributed by atoms with E-state index in [0.717, 1.165) is 34.5 Å². The summed E-state index contributed by atoms with van der Waals surface area (Å²) < 4.78 is 0. The number of hydrogen-bond donors (Lipinski definition) is 1. The summed E-state index contributed by atoms with van der Waals surface area (Å²) in [7, 11) is 0. The van der Waals surface area contributed by atoms with Crippen molar-refractivity contribution in [1.82, 2.24) is 19.9 Å². The predicted molar refractivity (Wildman–Crippen MR) is 132 cm³/mol. The van der Waals surface area contributed by atoms with Gasteiger partial charge in [-0.3, -0.25) is 9.78 Å². The van der Waals surface area contributed by atoms with Crippen LogP contribution >= 0.6 is 11.3 Å². The first kappa shape index (κ1) is 19.8. The van der Waals surface area contributed by atoms with Crippen molar-refractivity contribution in [2.75, 3.05) is 4.90 Å². The number of nitrogens with zero attached hydrogens (tertiary/aromatic N) is 4. The Morgan fingerprint density at radius 2 is 1.85 bits per heavy atom. The van der Waals surface area contributed by atoms with Gasteiger partial charge in [-0.2, -0.15) is 0 Å². The standard InChI is InChI=1S/C26H21N5OS/c1-2-17-10-11-22(33-17)24-23-19(25(32)18-7-3-4-9-21(18)30-23)15-31(24)26-28-13-16(14-29-26)20-8-5-6-12-27-20/h3-14,24H,2,15H2,1H3,(H,30,32)/t24-/m0/s1. The molecule has 0 radical (unpaired) electrons. The Morgan fingerprint density at radius 1 is 1.03 bits per heavy atom. The summed E-state index contributed by atoms with van der Waals surface area (Å²) in [4.78, 5) is 35.3. The lowest BCUT2D eigenvalue weighted by Crippen LogP contribution is -2.24. The maximum Gasteiger partial charge on any atom is 0.226 e. The van der Waals surface area contributed by atoms with Crippen molar-refractivity contribution in [1.29, 1.82) is 0 Å². The molecule has 1 N–H and O–H groups in total. The van der Waals surface area contributed by atoms with Crippen LogP contribution in [0.1, 0.15) is 34.0 Å². The van der Waals surface area contributed by atoms with Crippen LogP contribution in [0.15, 0.2) is 78.0 Å². The molecule has 5 aromatic rings. The van der Waals surface area contributed by atoms with E-state index < -0.39 is 0 Å². The Balaban J connectivity index is 1.48. The minimum atomic E-state index is -0.136. The van der Waals surface area contributed by atoms with Crippen LogP contribution in [-0.2, 0) is 13.0 Å². The summed E-state index contributed by atoms with van der Waals surface area (Å²) in [6.45, 7) is 2.62. The Labute approximate surface area is 194 Å². The first-order chi connectivity index (χ1) is 16.2. The van der Waals surface area contributed by atoms with Crippen LogP contribution in [0.5, 0.6) is 0 Å². The zero-order chi connectivity index (χ0) is 22.4. The molecule has 0 fully saturated rings. The molecule has 0 spiro atoms. The smallest absolute Gasteiger partial charge is 0.226 e. The molecule has 1 aromatic carbocycles. The first-order valence-electron chi connectivity index (χ1n) is 11.0. The van der Waals surface area contributed by atoms with E-state index in [1.807, 2.05) is 42.5 Å². The maximum atomic E-state index is 13.4. The zero-order valence-corrected chi connectivity index (χ0v) is 18.8. The molecular weight excluding hydrogens is 430 g/mol. The number of aromatic amines is 1. The van der Waals surface area contributed by atoms with Crippen LogP contribution in [0.25, 0.3) is 22.2 Å². The fourth-order valence-electron chi connectivity index (χ4n) is 4.45. The van der Waals surface area contributed by atoms with Gasteiger partial charge in [-0.25, -0.2) is 9.97 Å². The Hall–Kier alpha value is -3.84. The molecule has 5 heterocycles. The highest BCUT2D eigenvalue weighted by Crippen LogP contribution is 2.41. The van der Waals surface area contributed by atoms with Gasteiger partial charge in [0.25, 0.3) is 0 Å². The van der Waals surface area contributed by atoms with Crippen molar-refractivity contribution in [2.45, 2.75) is 25.9 Å². The molecule has 162 valence electrons. The van der Waals surface area contributed by atoms with Crippen molar-refractivity contribution in [3.8, 4) is 11.3 Å². The number of aryl methyl sites for hydroxylation is 1. The van der Waals surface area contributed by atoms with Crippen LogP contribution < -0.4 is 10.3 Å². The van der Waals surface area contributed by atoms with Gasteiger partial charge in [0.1, 0.15) is 6.04 Å². The second kappa shape index (κ2) is 7.94. The molecule has 0 aliphatic carbocycles. The van der Waals surface area contributed by atoms with Crippen molar-refractivity contribution in [3.05, 3.63) is 104 Å². The molecule has 0 bridgehead atoms. The second-order valence-electron chi connectivity index (χ2n) is 8.07. The Bertz CT molecular complexity index is 1510. The number of para-hydroxylation sites is 1. The number of fused-ring (bicyclic) bond motifs is 2. The van der Waals surface area contributed by atoms with Crippen molar-refractivity contribution < 1.29 is 0 Å². The monoisotopic (exact) mass is 451 g/mol. The lowest BCUT2D eigenvalue weighted by atomic mass is 10.1. The first-order valence-corrected chi connectivity index (χ1v) is 11.8. The van der Waals surface area contributed by atoms with Crippen LogP contribution in [0.2, 0.25) is 0 Å². The minimum absolute atomic E-state index is 0.0734. The van der Waals surface area contributed by atoms with Gasteiger partial charge in [-0.15, -0.1) is 11.3 Å². The van der Waals surface area contributed by atoms with E-state index in [1.165, 1.54) is 9.75 Å². The van der Waals surface area contributed by atoms with Crippen LogP contribution in [0.4, 0.5) is 5.95 Å². The number of aromatic nitrogens is 4. The summed E-state index contributed by atoms with van der Waals surface area (Å²) in [5.41, 5.74) is 4.33. The maximum absolute atomic E-state index is 13.4. The fourth-order valence-corrected chi connectivity index (χ4v) is 5.53. The molecular formula is C26H21N5OS. The van der Waals surface area contributed by atoms with Crippen molar-refractivity contribution in [3.63, 3.8) is 0 Å². The largest absolute Gasteiger partial charge is 0.356 e. The SMILES string of the molecule is CCc1ccc([C@H]2c3[nH]c4ccccc4c(=O)c3CN2c2ncc(-c3ccccn3)cn2)s1. The summed E-state index contributed by atoms with van der Waals surface area (Å²) in [5.74, 6) is 0.596. The van der Waals surface area contributed by atoms with Gasteiger partial charge in [0.05, 0.1) is 17.9 Å². The molecule has 1 atom stereocenters. The number of rotatable bonds is 4. The second-order valence-corrected chi connectivity index (χ2v) is 9.27. The van der Waals surface area contributed by atoms with E-state index in [9.17, 15) is 4.79 Å². The third-order valence-electron chi connectivity index (χ3n) is 6.11. The van der Waals surface area contributed by atoms with Gasteiger partial charge in [0.2, 0.25) is 5.95 Å². The Morgan fingerprint density at radius 3 is 2.61 bits per heavy atom. The van der Waals surface area contributed by atoms with Gasteiger partial charge in [0, 0.05) is 50.4 Å². The lowest BCUT2D eigenvalue weighted by molar-refractivity contribution is 0.739. The highest BCUT2D eigenvalue weighted by molar-refractivity contribution is 7.12. The van der Waals surface area contributed by atoms with Gasteiger partial charge in [0.15, 0.2) is 5.43 Å². The van der Waals surface area contributed by atoms with Crippen molar-refractivity contribution >= 4 is 28.2 Å². The highest BCUT2D eigenvalue weighted by Gasteiger charge is 2.37. The highest BCUT2D eigenvalue weighted by atomic mass is 32.1. The molecule has 6 nitrogen and oxygen atoms in total. The van der Waals surface area contributed by atoms with Crippen molar-refractivity contribution in [2.24, 2.45) is 0 Å². The predicted octanol–water partition coefficient (Wildman–Crippen LogP) is 5.11. The summed E-state index contributed by atoms with van der Waals surface area (Å²) in [5, 5.41) is 0.712. The summed E-state index contributed by atoms with van der Waals surface area (Å²) in [6.07, 6.45) is 6.34. The minimum Gasteiger partial charge on any atom is -0.356 e. The van der Waals surface area contributed by atoms with Crippen LogP contribution in [0.3, 0.4) is 0 Å². The van der Waals surface area contributed by atoms with E-state index in [0.29, 0.717) is 17.9 Å². The van der Waals surface area contributed by atoms with Gasteiger partial charge >= 0.3 is 0 Å². The number of H-pyrrole nitrogens is 1. The molecule has 4 aromatic heterocycles. The van der Waals surface area contributed by atoms with E-state index >= 15 is 0 Å². The average molecular weight is 452 g/mol. The number of benzene rings is 1. The summed E-state index contributed by atoms with van der Waals surface area (Å²) in [6, 6.07) is 17.7. The molecule has 0 amide bonds. The third kappa shape index (κ3) is 3.32. The molecule has 6 rings (SSSR count). The molecule has 1 aliphatic heterocycles. The molecule has 7 heteroatoms. The zero-order valence-electron chi connectivity index (χ0n) is 18.0. The van der Waals surface area contributed by atoms with Crippen LogP contribution in [0, 0.1) is 0 Å². The third-order valence-corrected chi connectivity index (χ3v) is 7.39. The summed E-state index contributed by atoms with van der Waals surface area (Å²) >= 11 is 1.77. The van der Waals surface area contributed by atoms with E-state index in [-0.39, 0.29) is 11.5 Å². The molecule has 0 unspecified atom stereocenters. The Kier molecular flexibility index (Phi) is 4.77. The van der Waals surface area contributed by atoms with Gasteiger partial charge in [-0.05, 0) is 42.8 Å². The normalized spacial score (nSPS) is 15.2. The number of anilines is 1. The van der Waals surface area contributed by atoms with Crippen LogP contribution in [-0.4, -0.2) is 19.9 Å². The molecule has 1 aliphatic rings. The number of thiophene rings is 1. The fraction of sp³-hybridized carbons (Fsp3) is 0.154. The lowest BCUT2D eigenvalue weighted by Gasteiger charge is -2.24. The van der Waals surface area contributed by atoms with Gasteiger partial charge in [-0.1, -0.05) is 25.1 Å². The number of pyridine rings is 2. The molecule has 33 heavy (non-hydrogen) atoms. The topological polar surface area (TPSA) is 74.8 Å². The van der Waals surface area contributed by atoms with E-state index in [4.69, 9.17) is 0 Å². The van der Waals surface area contributed by atoms with E-state index in [2.05, 4.69) is 43.9 Å². The number of nitrogens with one attached hydrogen (secondary N) is 1. The number of hydrogen-bond acceptors (Lipinski definition) is 6. The molecule has 0 saturated carbocycles.